The smallest absolute Gasteiger partial charge is 0.251 e. The zero-order chi connectivity index (χ0) is 12.4. The summed E-state index contributed by atoms with van der Waals surface area (Å²) in [7, 11) is 0. The van der Waals surface area contributed by atoms with Crippen molar-refractivity contribution in [2.45, 2.75) is 64.2 Å². The van der Waals surface area contributed by atoms with E-state index < -0.39 is 0 Å². The average Bonchev–Trinajstić information content (AvgIpc) is 2.85. The van der Waals surface area contributed by atoms with E-state index in [9.17, 15) is 9.59 Å². The van der Waals surface area contributed by atoms with Crippen LogP contribution in [0, 0.1) is 0 Å². The van der Waals surface area contributed by atoms with Gasteiger partial charge in [-0.2, -0.15) is 0 Å². The van der Waals surface area contributed by atoms with Gasteiger partial charge in [0.1, 0.15) is 11.9 Å². The number of likely N-dealkylation sites (tertiary alicyclic amines) is 1. The lowest BCUT2D eigenvalue weighted by molar-refractivity contribution is -0.143. The fraction of sp³-hybridized carbons (Fsp3) is 0.846. The molecule has 2 fully saturated rings. The number of rotatable bonds is 3. The highest BCUT2D eigenvalue weighted by molar-refractivity contribution is 5.83. The zero-order valence-electron chi connectivity index (χ0n) is 10.6. The number of Topliss-reactive ketones (excluding diaryl/α,β-unsaturated/α-hetero) is 1. The summed E-state index contributed by atoms with van der Waals surface area (Å²) < 4.78 is 5.61. The molecule has 2 saturated heterocycles. The summed E-state index contributed by atoms with van der Waals surface area (Å²) >= 11 is 0. The van der Waals surface area contributed by atoms with E-state index in [1.165, 1.54) is 0 Å². The number of ether oxygens (including phenoxy) is 1. The first-order valence-electron chi connectivity index (χ1n) is 6.53. The van der Waals surface area contributed by atoms with Gasteiger partial charge in [-0.15, -0.1) is 0 Å². The molecule has 2 aliphatic heterocycles. The van der Waals surface area contributed by atoms with Crippen LogP contribution in [0.15, 0.2) is 0 Å². The van der Waals surface area contributed by atoms with E-state index in [2.05, 4.69) is 0 Å². The van der Waals surface area contributed by atoms with Gasteiger partial charge >= 0.3 is 0 Å². The highest BCUT2D eigenvalue weighted by Gasteiger charge is 2.36. The molecule has 0 radical (unpaired) electrons. The summed E-state index contributed by atoms with van der Waals surface area (Å²) in [5.74, 6) is 0.258. The van der Waals surface area contributed by atoms with Crippen molar-refractivity contribution in [3.8, 4) is 0 Å². The maximum Gasteiger partial charge on any atom is 0.251 e. The molecule has 2 rings (SSSR count). The van der Waals surface area contributed by atoms with Crippen LogP contribution in [-0.4, -0.2) is 41.4 Å². The van der Waals surface area contributed by atoms with Gasteiger partial charge in [-0.05, 0) is 39.5 Å². The summed E-state index contributed by atoms with van der Waals surface area (Å²) in [6.45, 7) is 4.38. The Morgan fingerprint density at radius 1 is 1.29 bits per heavy atom. The molecule has 96 valence electrons. The molecule has 0 bridgehead atoms. The van der Waals surface area contributed by atoms with E-state index >= 15 is 0 Å². The van der Waals surface area contributed by atoms with Gasteiger partial charge in [0, 0.05) is 19.0 Å². The Balaban J connectivity index is 1.95. The molecule has 0 spiro atoms. The second-order valence-electron chi connectivity index (χ2n) is 5.25. The molecule has 17 heavy (non-hydrogen) atoms. The molecule has 1 amide bonds. The number of ketones is 1. The van der Waals surface area contributed by atoms with Gasteiger partial charge in [0.2, 0.25) is 0 Å². The standard InChI is InChI=1S/C13H21NO3/c1-9(15)8-11-4-3-7-14(11)13(16)12-6-5-10(2)17-12/h10-12H,3-8H2,1-2H3. The first-order chi connectivity index (χ1) is 8.08. The summed E-state index contributed by atoms with van der Waals surface area (Å²) in [6, 6.07) is 0.111. The Bertz CT molecular complexity index is 316. The van der Waals surface area contributed by atoms with Crippen LogP contribution in [0.2, 0.25) is 0 Å². The molecule has 0 N–H and O–H groups in total. The van der Waals surface area contributed by atoms with Gasteiger partial charge in [-0.25, -0.2) is 0 Å². The molecule has 2 aliphatic rings. The minimum absolute atomic E-state index is 0.0955. The van der Waals surface area contributed by atoms with Crippen molar-refractivity contribution in [1.82, 2.24) is 4.90 Å². The largest absolute Gasteiger partial charge is 0.365 e. The Labute approximate surface area is 102 Å². The van der Waals surface area contributed by atoms with Crippen molar-refractivity contribution in [2.75, 3.05) is 6.54 Å². The van der Waals surface area contributed by atoms with Crippen molar-refractivity contribution in [1.29, 1.82) is 0 Å². The minimum atomic E-state index is -0.266. The Kier molecular flexibility index (Phi) is 3.82. The third-order valence-electron chi connectivity index (χ3n) is 3.69. The molecule has 0 saturated carbocycles. The lowest BCUT2D eigenvalue weighted by Gasteiger charge is -2.26. The fourth-order valence-electron chi connectivity index (χ4n) is 2.84. The molecule has 3 atom stereocenters. The van der Waals surface area contributed by atoms with Crippen molar-refractivity contribution >= 4 is 11.7 Å². The van der Waals surface area contributed by atoms with Gasteiger partial charge < -0.3 is 9.64 Å². The van der Waals surface area contributed by atoms with Crippen molar-refractivity contribution in [2.24, 2.45) is 0 Å². The van der Waals surface area contributed by atoms with E-state index in [1.807, 2.05) is 11.8 Å². The van der Waals surface area contributed by atoms with Gasteiger partial charge in [-0.1, -0.05) is 0 Å². The van der Waals surface area contributed by atoms with Gasteiger partial charge in [0.15, 0.2) is 0 Å². The summed E-state index contributed by atoms with van der Waals surface area (Å²) in [5.41, 5.74) is 0. The highest BCUT2D eigenvalue weighted by atomic mass is 16.5. The second-order valence-corrected chi connectivity index (χ2v) is 5.25. The molecule has 0 aromatic rings. The molecular weight excluding hydrogens is 218 g/mol. The van der Waals surface area contributed by atoms with E-state index in [4.69, 9.17) is 4.74 Å². The van der Waals surface area contributed by atoms with E-state index in [-0.39, 0.29) is 29.9 Å². The molecule has 4 heteroatoms. The Hall–Kier alpha value is -0.900. The Morgan fingerprint density at radius 2 is 2.06 bits per heavy atom. The maximum atomic E-state index is 12.3. The summed E-state index contributed by atoms with van der Waals surface area (Å²) in [4.78, 5) is 25.3. The van der Waals surface area contributed by atoms with Crippen LogP contribution >= 0.6 is 0 Å². The summed E-state index contributed by atoms with van der Waals surface area (Å²) in [5, 5.41) is 0. The number of carbonyl (C=O) groups excluding carboxylic acids is 2. The second kappa shape index (κ2) is 5.17. The predicted molar refractivity (Wildman–Crippen MR) is 63.6 cm³/mol. The van der Waals surface area contributed by atoms with Gasteiger partial charge in [0.05, 0.1) is 6.10 Å². The summed E-state index contributed by atoms with van der Waals surface area (Å²) in [6.07, 6.45) is 4.16. The quantitative estimate of drug-likeness (QED) is 0.750. The van der Waals surface area contributed by atoms with Crippen LogP contribution in [0.25, 0.3) is 0 Å². The average molecular weight is 239 g/mol. The van der Waals surface area contributed by atoms with Crippen LogP contribution in [-0.2, 0) is 14.3 Å². The van der Waals surface area contributed by atoms with Crippen molar-refractivity contribution < 1.29 is 14.3 Å². The number of nitrogens with zero attached hydrogens (tertiary/aromatic N) is 1. The molecule has 2 heterocycles. The lowest BCUT2D eigenvalue weighted by atomic mass is 10.1. The van der Waals surface area contributed by atoms with E-state index in [1.54, 1.807) is 6.92 Å². The van der Waals surface area contributed by atoms with E-state index in [0.29, 0.717) is 6.42 Å². The first kappa shape index (κ1) is 12.6. The van der Waals surface area contributed by atoms with Crippen molar-refractivity contribution in [3.05, 3.63) is 0 Å². The predicted octanol–water partition coefficient (Wildman–Crippen LogP) is 1.52. The van der Waals surface area contributed by atoms with Gasteiger partial charge in [0.25, 0.3) is 5.91 Å². The number of amides is 1. The number of carbonyl (C=O) groups is 2. The topological polar surface area (TPSA) is 46.6 Å². The fourth-order valence-corrected chi connectivity index (χ4v) is 2.84. The molecule has 0 aromatic heterocycles. The van der Waals surface area contributed by atoms with E-state index in [0.717, 1.165) is 32.2 Å². The normalized spacial score (nSPS) is 33.1. The minimum Gasteiger partial charge on any atom is -0.365 e. The molecule has 0 aliphatic carbocycles. The number of hydrogen-bond donors (Lipinski definition) is 0. The van der Waals surface area contributed by atoms with Crippen LogP contribution in [0.3, 0.4) is 0 Å². The molecular formula is C13H21NO3. The van der Waals surface area contributed by atoms with Crippen LogP contribution in [0.4, 0.5) is 0 Å². The number of hydrogen-bond acceptors (Lipinski definition) is 3. The Morgan fingerprint density at radius 3 is 2.65 bits per heavy atom. The monoisotopic (exact) mass is 239 g/mol. The zero-order valence-corrected chi connectivity index (χ0v) is 10.6. The highest BCUT2D eigenvalue weighted by Crippen LogP contribution is 2.26. The van der Waals surface area contributed by atoms with Crippen molar-refractivity contribution in [3.63, 3.8) is 0 Å². The van der Waals surface area contributed by atoms with Crippen LogP contribution in [0.1, 0.15) is 46.0 Å². The third kappa shape index (κ3) is 2.86. The lowest BCUT2D eigenvalue weighted by Crippen LogP contribution is -2.42. The van der Waals surface area contributed by atoms with Gasteiger partial charge in [-0.3, -0.25) is 9.59 Å². The molecule has 0 aromatic carbocycles. The molecule has 4 nitrogen and oxygen atoms in total. The first-order valence-corrected chi connectivity index (χ1v) is 6.53. The van der Waals surface area contributed by atoms with Crippen LogP contribution in [0.5, 0.6) is 0 Å². The van der Waals surface area contributed by atoms with Crippen LogP contribution < -0.4 is 0 Å². The molecule has 3 unspecified atom stereocenters. The third-order valence-corrected chi connectivity index (χ3v) is 3.69. The maximum absolute atomic E-state index is 12.3. The SMILES string of the molecule is CC(=O)CC1CCCN1C(=O)C1CCC(C)O1.